The zero-order valence-electron chi connectivity index (χ0n) is 13.9. The molecule has 9 heteroatoms. The van der Waals surface area contributed by atoms with E-state index >= 15 is 0 Å². The first kappa shape index (κ1) is 20.6. The van der Waals surface area contributed by atoms with Crippen molar-refractivity contribution in [2.24, 2.45) is 0 Å². The highest BCUT2D eigenvalue weighted by Crippen LogP contribution is 2.35. The third-order valence-corrected chi connectivity index (χ3v) is 3.58. The van der Waals surface area contributed by atoms with E-state index in [1.807, 2.05) is 36.4 Å². The van der Waals surface area contributed by atoms with Crippen LogP contribution in [0.5, 0.6) is 0 Å². The third kappa shape index (κ3) is 5.90. The minimum absolute atomic E-state index is 0.0646. The second-order valence-electron chi connectivity index (χ2n) is 5.71. The second kappa shape index (κ2) is 8.32. The molecule has 0 atom stereocenters. The number of rotatable bonds is 7. The van der Waals surface area contributed by atoms with Crippen molar-refractivity contribution in [2.75, 3.05) is 6.61 Å². The van der Waals surface area contributed by atoms with Crippen molar-refractivity contribution in [2.45, 2.75) is 31.5 Å². The van der Waals surface area contributed by atoms with Crippen LogP contribution in [0.3, 0.4) is 0 Å². The molecule has 0 spiro atoms. The number of hydrogen-bond donors (Lipinski definition) is 0. The Hall–Kier alpha value is -2.71. The lowest BCUT2D eigenvalue weighted by Crippen LogP contribution is -2.41. The summed E-state index contributed by atoms with van der Waals surface area (Å²) < 4.78 is 69.9. The molecule has 0 heterocycles. The van der Waals surface area contributed by atoms with Crippen LogP contribution in [-0.2, 0) is 25.7 Å². The van der Waals surface area contributed by atoms with Crippen LogP contribution in [0.1, 0.15) is 18.4 Å². The molecule has 0 saturated heterocycles. The molecule has 0 amide bonds. The predicted octanol–water partition coefficient (Wildman–Crippen LogP) is 4.40. The molecule has 0 bridgehead atoms. The molecule has 0 unspecified atom stereocenters. The van der Waals surface area contributed by atoms with Crippen molar-refractivity contribution in [3.05, 3.63) is 48.0 Å². The first-order chi connectivity index (χ1) is 12.6. The van der Waals surface area contributed by atoms with Crippen LogP contribution in [0, 0.1) is 0 Å². The molecule has 0 saturated carbocycles. The van der Waals surface area contributed by atoms with Gasteiger partial charge >= 0.3 is 24.0 Å². The van der Waals surface area contributed by atoms with Crippen LogP contribution in [0.25, 0.3) is 10.8 Å². The molecule has 2 aromatic rings. The number of benzene rings is 2. The van der Waals surface area contributed by atoms with Crippen molar-refractivity contribution < 1.29 is 41.0 Å². The zero-order chi connectivity index (χ0) is 20.1. The van der Waals surface area contributed by atoms with E-state index in [1.165, 1.54) is 0 Å². The number of esters is 2. The van der Waals surface area contributed by atoms with Crippen molar-refractivity contribution in [3.8, 4) is 0 Å². The largest absolute Gasteiger partial charge is 0.461 e. The Morgan fingerprint density at radius 1 is 0.815 bits per heavy atom. The van der Waals surface area contributed by atoms with Gasteiger partial charge in [-0.3, -0.25) is 9.59 Å². The molecule has 27 heavy (non-hydrogen) atoms. The van der Waals surface area contributed by atoms with E-state index in [1.54, 1.807) is 6.07 Å². The van der Waals surface area contributed by atoms with E-state index in [9.17, 15) is 31.5 Å². The molecule has 4 nitrogen and oxygen atoms in total. The van der Waals surface area contributed by atoms with Crippen molar-refractivity contribution in [3.63, 3.8) is 0 Å². The Labute approximate surface area is 150 Å². The summed E-state index contributed by atoms with van der Waals surface area (Å²) >= 11 is 0. The van der Waals surface area contributed by atoms with Gasteiger partial charge in [-0.25, -0.2) is 0 Å². The number of hydrogen-bond acceptors (Lipinski definition) is 4. The smallest absolute Gasteiger partial charge is 0.456 e. The maximum Gasteiger partial charge on any atom is 0.456 e. The maximum atomic E-state index is 12.6. The van der Waals surface area contributed by atoms with Gasteiger partial charge in [0.1, 0.15) is 6.61 Å². The van der Waals surface area contributed by atoms with E-state index in [-0.39, 0.29) is 6.61 Å². The minimum atomic E-state index is -5.81. The first-order valence-electron chi connectivity index (χ1n) is 7.82. The van der Waals surface area contributed by atoms with Crippen LogP contribution in [0.4, 0.5) is 22.0 Å². The molecule has 146 valence electrons. The maximum absolute atomic E-state index is 12.6. The number of carbonyl (C=O) groups excluding carboxylic acids is 2. The summed E-state index contributed by atoms with van der Waals surface area (Å²) in [5.41, 5.74) is 0.703. The Morgan fingerprint density at radius 2 is 1.41 bits per heavy atom. The molecule has 0 aromatic heterocycles. The Kier molecular flexibility index (Phi) is 6.35. The highest BCUT2D eigenvalue weighted by Gasteiger charge is 2.58. The molecule has 2 rings (SSSR count). The van der Waals surface area contributed by atoms with Gasteiger partial charge in [0.15, 0.2) is 6.61 Å². The summed E-state index contributed by atoms with van der Waals surface area (Å²) in [6.45, 7) is -2.19. The van der Waals surface area contributed by atoms with Gasteiger partial charge in [-0.05, 0) is 22.4 Å². The van der Waals surface area contributed by atoms with E-state index in [0.29, 0.717) is 5.56 Å². The normalized spacial score (nSPS) is 12.0. The Balaban J connectivity index is 1.74. The van der Waals surface area contributed by atoms with Crippen LogP contribution >= 0.6 is 0 Å². The fourth-order valence-electron chi connectivity index (χ4n) is 2.09. The molecule has 0 aliphatic heterocycles. The minimum Gasteiger partial charge on any atom is -0.461 e. The molecule has 0 N–H and O–H groups in total. The second-order valence-corrected chi connectivity index (χ2v) is 5.71. The lowest BCUT2D eigenvalue weighted by Gasteiger charge is -2.18. The van der Waals surface area contributed by atoms with Crippen LogP contribution in [0.2, 0.25) is 0 Å². The van der Waals surface area contributed by atoms with Crippen LogP contribution in [0.15, 0.2) is 42.5 Å². The van der Waals surface area contributed by atoms with Crippen molar-refractivity contribution in [1.82, 2.24) is 0 Å². The van der Waals surface area contributed by atoms with Gasteiger partial charge in [0.25, 0.3) is 0 Å². The SMILES string of the molecule is O=C(CCC(=O)OCC(F)(F)C(F)(F)F)OCc1ccc2ccccc2c1. The molecule has 0 radical (unpaired) electrons. The molecular formula is C18H15F5O4. The number of halogens is 5. The zero-order valence-corrected chi connectivity index (χ0v) is 13.9. The average Bonchev–Trinajstić information content (AvgIpc) is 2.62. The van der Waals surface area contributed by atoms with Gasteiger partial charge in [0.05, 0.1) is 12.8 Å². The van der Waals surface area contributed by atoms with Gasteiger partial charge < -0.3 is 9.47 Å². The van der Waals surface area contributed by atoms with Crippen LogP contribution in [-0.4, -0.2) is 30.6 Å². The molecule has 0 aliphatic rings. The average molecular weight is 390 g/mol. The highest BCUT2D eigenvalue weighted by atomic mass is 19.4. The lowest BCUT2D eigenvalue weighted by atomic mass is 10.1. The topological polar surface area (TPSA) is 52.6 Å². The van der Waals surface area contributed by atoms with E-state index in [4.69, 9.17) is 4.74 Å². The Morgan fingerprint density at radius 3 is 2.04 bits per heavy atom. The molecule has 2 aromatic carbocycles. The summed E-state index contributed by atoms with van der Waals surface area (Å²) in [5.74, 6) is -7.29. The quantitative estimate of drug-likeness (QED) is 0.519. The standard InChI is InChI=1S/C18H15F5O4/c19-17(20,18(21,22)23)11-27-16(25)8-7-15(24)26-10-12-5-6-13-3-1-2-4-14(13)9-12/h1-6,9H,7-8,10-11H2. The monoisotopic (exact) mass is 390 g/mol. The summed E-state index contributed by atoms with van der Waals surface area (Å²) in [6.07, 6.45) is -6.97. The van der Waals surface area contributed by atoms with Gasteiger partial charge in [-0.15, -0.1) is 0 Å². The number of fused-ring (bicyclic) bond motifs is 1. The summed E-state index contributed by atoms with van der Waals surface area (Å²) in [4.78, 5) is 22.8. The fourth-order valence-corrected chi connectivity index (χ4v) is 2.09. The summed E-state index contributed by atoms with van der Waals surface area (Å²) in [6, 6.07) is 12.9. The fraction of sp³-hybridized carbons (Fsp3) is 0.333. The Bertz CT molecular complexity index is 817. The van der Waals surface area contributed by atoms with E-state index in [2.05, 4.69) is 4.74 Å². The molecule has 0 aliphatic carbocycles. The summed E-state index contributed by atoms with van der Waals surface area (Å²) in [5, 5.41) is 1.95. The van der Waals surface area contributed by atoms with Gasteiger partial charge in [-0.2, -0.15) is 22.0 Å². The van der Waals surface area contributed by atoms with Crippen LogP contribution < -0.4 is 0 Å². The van der Waals surface area contributed by atoms with Crippen molar-refractivity contribution >= 4 is 22.7 Å². The van der Waals surface area contributed by atoms with E-state index < -0.39 is 43.5 Å². The molecule has 0 fully saturated rings. The van der Waals surface area contributed by atoms with E-state index in [0.717, 1.165) is 10.8 Å². The van der Waals surface area contributed by atoms with Gasteiger partial charge in [0.2, 0.25) is 0 Å². The van der Waals surface area contributed by atoms with Gasteiger partial charge in [0, 0.05) is 0 Å². The number of ether oxygens (including phenoxy) is 2. The third-order valence-electron chi connectivity index (χ3n) is 3.58. The van der Waals surface area contributed by atoms with Crippen molar-refractivity contribution in [1.29, 1.82) is 0 Å². The lowest BCUT2D eigenvalue weighted by molar-refractivity contribution is -0.294. The molecular weight excluding hydrogens is 375 g/mol. The number of carbonyl (C=O) groups is 2. The first-order valence-corrected chi connectivity index (χ1v) is 7.82. The van der Waals surface area contributed by atoms with Gasteiger partial charge in [-0.1, -0.05) is 36.4 Å². The highest BCUT2D eigenvalue weighted by molar-refractivity contribution is 5.83. The number of alkyl halides is 5. The summed E-state index contributed by atoms with van der Waals surface area (Å²) in [7, 11) is 0. The predicted molar refractivity (Wildman–Crippen MR) is 84.9 cm³/mol.